The minimum absolute atomic E-state index is 0.124. The number of carbonyl (C=O) groups excluding carboxylic acids is 2. The van der Waals surface area contributed by atoms with E-state index in [0.717, 1.165) is 0 Å². The van der Waals surface area contributed by atoms with Crippen LogP contribution in [0.4, 0.5) is 10.5 Å². The lowest BCUT2D eigenvalue weighted by molar-refractivity contribution is -0.121. The highest BCUT2D eigenvalue weighted by Gasteiger charge is 2.15. The zero-order valence-electron chi connectivity index (χ0n) is 13.2. The summed E-state index contributed by atoms with van der Waals surface area (Å²) >= 11 is 5.94. The zero-order chi connectivity index (χ0) is 18.5. The van der Waals surface area contributed by atoms with Gasteiger partial charge in [-0.05, 0) is 30.3 Å². The van der Waals surface area contributed by atoms with Gasteiger partial charge in [-0.2, -0.15) is 5.26 Å². The maximum absolute atomic E-state index is 11.9. The van der Waals surface area contributed by atoms with Gasteiger partial charge >= 0.3 is 6.03 Å². The fourth-order valence-electron chi connectivity index (χ4n) is 2.13. The highest BCUT2D eigenvalue weighted by atomic mass is 35.5. The van der Waals surface area contributed by atoms with Crippen LogP contribution in [0.2, 0.25) is 5.02 Å². The number of ether oxygens (including phenoxy) is 3. The minimum atomic E-state index is -0.719. The fourth-order valence-corrected chi connectivity index (χ4v) is 2.37. The minimum Gasteiger partial charge on any atom is -0.482 e. The van der Waals surface area contributed by atoms with Gasteiger partial charge in [0.25, 0.3) is 5.91 Å². The SMILES string of the molecule is N#Cc1ccc(OCC(=O)NC(=O)Nc2ccc3c(c2)OCO3)c(Cl)c1. The second-order valence-electron chi connectivity index (χ2n) is 5.12. The normalized spacial score (nSPS) is 11.4. The van der Waals surface area contributed by atoms with E-state index < -0.39 is 18.5 Å². The van der Waals surface area contributed by atoms with Crippen LogP contribution < -0.4 is 24.8 Å². The molecule has 2 aromatic carbocycles. The maximum atomic E-state index is 11.9. The number of anilines is 1. The number of amides is 3. The molecule has 0 radical (unpaired) electrons. The Labute approximate surface area is 153 Å². The Balaban J connectivity index is 1.50. The molecule has 0 atom stereocenters. The van der Waals surface area contributed by atoms with E-state index in [-0.39, 0.29) is 17.6 Å². The number of imide groups is 1. The lowest BCUT2D eigenvalue weighted by Gasteiger charge is -2.09. The fraction of sp³-hybridized carbons (Fsp3) is 0.118. The average molecular weight is 374 g/mol. The monoisotopic (exact) mass is 373 g/mol. The van der Waals surface area contributed by atoms with Crippen LogP contribution in [0.5, 0.6) is 17.2 Å². The Morgan fingerprint density at radius 1 is 1.19 bits per heavy atom. The second kappa shape index (κ2) is 7.63. The van der Waals surface area contributed by atoms with E-state index in [0.29, 0.717) is 22.7 Å². The Hall–Kier alpha value is -3.44. The van der Waals surface area contributed by atoms with Crippen molar-refractivity contribution in [2.45, 2.75) is 0 Å². The lowest BCUT2D eigenvalue weighted by Crippen LogP contribution is -2.37. The number of halogens is 1. The largest absolute Gasteiger partial charge is 0.482 e. The third-order valence-corrected chi connectivity index (χ3v) is 3.60. The highest BCUT2D eigenvalue weighted by molar-refractivity contribution is 6.32. The molecule has 0 bridgehead atoms. The molecule has 0 aromatic heterocycles. The van der Waals surface area contributed by atoms with Crippen LogP contribution in [0, 0.1) is 11.3 Å². The van der Waals surface area contributed by atoms with Crippen molar-refractivity contribution in [2.24, 2.45) is 0 Å². The predicted molar refractivity (Wildman–Crippen MR) is 91.4 cm³/mol. The van der Waals surface area contributed by atoms with Gasteiger partial charge in [0.1, 0.15) is 5.75 Å². The van der Waals surface area contributed by atoms with Crippen LogP contribution in [0.1, 0.15) is 5.56 Å². The standard InChI is InChI=1S/C17H12ClN3O5/c18-12-5-10(7-19)1-3-13(12)24-8-16(22)21-17(23)20-11-2-4-14-15(6-11)26-9-25-14/h1-6H,8-9H2,(H2,20,21,22,23). The molecule has 9 heteroatoms. The van der Waals surface area contributed by atoms with Gasteiger partial charge < -0.3 is 19.5 Å². The number of nitrogens with zero attached hydrogens (tertiary/aromatic N) is 1. The number of rotatable bonds is 4. The number of nitrogens with one attached hydrogen (secondary N) is 2. The summed E-state index contributed by atoms with van der Waals surface area (Å²) in [4.78, 5) is 23.7. The van der Waals surface area contributed by atoms with E-state index in [1.807, 2.05) is 6.07 Å². The Morgan fingerprint density at radius 2 is 2.00 bits per heavy atom. The van der Waals surface area contributed by atoms with Gasteiger partial charge in [-0.15, -0.1) is 0 Å². The molecule has 8 nitrogen and oxygen atoms in total. The molecule has 2 aromatic rings. The third kappa shape index (κ3) is 4.15. The quantitative estimate of drug-likeness (QED) is 0.852. The topological polar surface area (TPSA) is 110 Å². The maximum Gasteiger partial charge on any atom is 0.325 e. The molecule has 3 rings (SSSR count). The van der Waals surface area contributed by atoms with Crippen LogP contribution in [-0.2, 0) is 4.79 Å². The summed E-state index contributed by atoms with van der Waals surface area (Å²) < 4.78 is 15.6. The molecule has 26 heavy (non-hydrogen) atoms. The molecule has 1 aliphatic heterocycles. The molecule has 0 aliphatic carbocycles. The molecule has 1 aliphatic rings. The summed E-state index contributed by atoms with van der Waals surface area (Å²) in [6.07, 6.45) is 0. The van der Waals surface area contributed by atoms with E-state index in [9.17, 15) is 9.59 Å². The number of hydrogen-bond donors (Lipinski definition) is 2. The van der Waals surface area contributed by atoms with Gasteiger partial charge in [0, 0.05) is 11.8 Å². The first-order valence-electron chi connectivity index (χ1n) is 7.38. The lowest BCUT2D eigenvalue weighted by atomic mass is 10.2. The smallest absolute Gasteiger partial charge is 0.325 e. The molecule has 3 amide bonds. The Kier molecular flexibility index (Phi) is 5.10. The molecule has 0 unspecified atom stereocenters. The predicted octanol–water partition coefficient (Wildman–Crippen LogP) is 2.67. The van der Waals surface area contributed by atoms with Gasteiger partial charge in [-0.3, -0.25) is 10.1 Å². The molecule has 0 spiro atoms. The van der Waals surface area contributed by atoms with Crippen LogP contribution in [0.3, 0.4) is 0 Å². The van der Waals surface area contributed by atoms with Gasteiger partial charge in [-0.1, -0.05) is 11.6 Å². The summed E-state index contributed by atoms with van der Waals surface area (Å²) in [5.41, 5.74) is 0.811. The van der Waals surface area contributed by atoms with Gasteiger partial charge in [-0.25, -0.2) is 4.79 Å². The van der Waals surface area contributed by atoms with Gasteiger partial charge in [0.2, 0.25) is 6.79 Å². The Bertz CT molecular complexity index is 910. The van der Waals surface area contributed by atoms with E-state index in [4.69, 9.17) is 31.1 Å². The van der Waals surface area contributed by atoms with E-state index in [1.54, 1.807) is 18.2 Å². The number of urea groups is 1. The number of carbonyl (C=O) groups is 2. The van der Waals surface area contributed by atoms with Crippen molar-refractivity contribution in [2.75, 3.05) is 18.7 Å². The molecule has 0 saturated carbocycles. The molecular weight excluding hydrogens is 362 g/mol. The summed E-state index contributed by atoms with van der Waals surface area (Å²) in [6, 6.07) is 10.5. The molecule has 1 heterocycles. The molecule has 0 saturated heterocycles. The van der Waals surface area contributed by atoms with Crippen molar-refractivity contribution in [1.29, 1.82) is 5.26 Å². The van der Waals surface area contributed by atoms with Crippen LogP contribution in [-0.4, -0.2) is 25.3 Å². The summed E-state index contributed by atoms with van der Waals surface area (Å²) in [5.74, 6) is 0.660. The molecule has 2 N–H and O–H groups in total. The highest BCUT2D eigenvalue weighted by Crippen LogP contribution is 2.34. The molecular formula is C17H12ClN3O5. The van der Waals surface area contributed by atoms with Crippen molar-refractivity contribution in [3.05, 3.63) is 47.0 Å². The number of benzene rings is 2. The first-order chi connectivity index (χ1) is 12.5. The molecule has 0 fully saturated rings. The van der Waals surface area contributed by atoms with E-state index >= 15 is 0 Å². The van der Waals surface area contributed by atoms with Gasteiger partial charge in [0.15, 0.2) is 18.1 Å². The second-order valence-corrected chi connectivity index (χ2v) is 5.52. The number of hydrogen-bond acceptors (Lipinski definition) is 6. The zero-order valence-corrected chi connectivity index (χ0v) is 14.0. The summed E-state index contributed by atoms with van der Waals surface area (Å²) in [5, 5.41) is 13.6. The van der Waals surface area contributed by atoms with E-state index in [2.05, 4.69) is 10.6 Å². The van der Waals surface area contributed by atoms with Crippen molar-refractivity contribution >= 4 is 29.2 Å². The molecule has 132 valence electrons. The number of nitriles is 1. The van der Waals surface area contributed by atoms with Crippen LogP contribution in [0.25, 0.3) is 0 Å². The van der Waals surface area contributed by atoms with Gasteiger partial charge in [0.05, 0.1) is 16.7 Å². The van der Waals surface area contributed by atoms with Crippen molar-refractivity contribution in [1.82, 2.24) is 5.32 Å². The van der Waals surface area contributed by atoms with Crippen molar-refractivity contribution in [3.8, 4) is 23.3 Å². The average Bonchev–Trinajstić information content (AvgIpc) is 3.08. The van der Waals surface area contributed by atoms with Crippen LogP contribution >= 0.6 is 11.6 Å². The first-order valence-corrected chi connectivity index (χ1v) is 7.76. The van der Waals surface area contributed by atoms with Crippen LogP contribution in [0.15, 0.2) is 36.4 Å². The summed E-state index contributed by atoms with van der Waals surface area (Å²) in [7, 11) is 0. The number of fused-ring (bicyclic) bond motifs is 1. The summed E-state index contributed by atoms with van der Waals surface area (Å²) in [6.45, 7) is -0.293. The first kappa shape index (κ1) is 17.4. The van der Waals surface area contributed by atoms with Crippen molar-refractivity contribution in [3.63, 3.8) is 0 Å². The van der Waals surface area contributed by atoms with E-state index in [1.165, 1.54) is 18.2 Å². The van der Waals surface area contributed by atoms with Crippen molar-refractivity contribution < 1.29 is 23.8 Å². The Morgan fingerprint density at radius 3 is 2.77 bits per heavy atom. The third-order valence-electron chi connectivity index (χ3n) is 3.30.